The first-order valence-corrected chi connectivity index (χ1v) is 6.44. The molecule has 23 heavy (non-hydrogen) atoms. The molecule has 9 heteroatoms. The van der Waals surface area contributed by atoms with Crippen molar-refractivity contribution in [3.8, 4) is 0 Å². The van der Waals surface area contributed by atoms with Crippen molar-refractivity contribution in [2.45, 2.75) is 18.7 Å². The number of alkyl halides is 3. The monoisotopic (exact) mass is 332 g/mol. The lowest BCUT2D eigenvalue weighted by Gasteiger charge is -2.20. The quantitative estimate of drug-likeness (QED) is 0.492. The van der Waals surface area contributed by atoms with Crippen LogP contribution in [0.15, 0.2) is 36.0 Å². The normalized spacial score (nSPS) is 13.6. The molecule has 1 aromatic rings. The van der Waals surface area contributed by atoms with Crippen molar-refractivity contribution in [1.82, 2.24) is 4.90 Å². The van der Waals surface area contributed by atoms with E-state index in [1.165, 1.54) is 37.2 Å². The van der Waals surface area contributed by atoms with Crippen molar-refractivity contribution < 1.29 is 28.0 Å². The number of halogens is 3. The Labute approximate surface area is 130 Å². The highest BCUT2D eigenvalue weighted by atomic mass is 19.4. The number of nitro groups is 1. The second-order valence-corrected chi connectivity index (χ2v) is 4.96. The van der Waals surface area contributed by atoms with E-state index in [2.05, 4.69) is 0 Å². The molecule has 1 N–H and O–H groups in total. The zero-order valence-corrected chi connectivity index (χ0v) is 12.4. The molecule has 0 aliphatic heterocycles. The number of non-ortho nitro benzene ring substituents is 1. The molecule has 0 radical (unpaired) electrons. The molecule has 1 unspecified atom stereocenters. The number of hydrogen-bond acceptors (Lipinski definition) is 5. The van der Waals surface area contributed by atoms with Gasteiger partial charge in [-0.3, -0.25) is 14.9 Å². The van der Waals surface area contributed by atoms with E-state index in [0.29, 0.717) is 6.08 Å². The number of nitro benzene ring substituents is 1. The summed E-state index contributed by atoms with van der Waals surface area (Å²) in [5, 5.41) is 20.8. The van der Waals surface area contributed by atoms with E-state index in [0.717, 1.165) is 6.07 Å². The van der Waals surface area contributed by atoms with Crippen molar-refractivity contribution in [2.75, 3.05) is 14.1 Å². The number of rotatable bonds is 6. The van der Waals surface area contributed by atoms with E-state index in [9.17, 15) is 33.2 Å². The Kier molecular flexibility index (Phi) is 5.85. The summed E-state index contributed by atoms with van der Waals surface area (Å²) in [4.78, 5) is 22.4. The van der Waals surface area contributed by atoms with E-state index in [1.807, 2.05) is 0 Å². The lowest BCUT2D eigenvalue weighted by atomic mass is 10.0. The third-order valence-corrected chi connectivity index (χ3v) is 3.02. The third-order valence-electron chi connectivity index (χ3n) is 3.02. The molecule has 126 valence electrons. The van der Waals surface area contributed by atoms with E-state index in [1.54, 1.807) is 0 Å². The van der Waals surface area contributed by atoms with Crippen LogP contribution in [0, 0.1) is 10.1 Å². The van der Waals surface area contributed by atoms with Crippen molar-refractivity contribution in [1.29, 1.82) is 0 Å². The second-order valence-electron chi connectivity index (χ2n) is 4.96. The summed E-state index contributed by atoms with van der Waals surface area (Å²) < 4.78 is 37.0. The molecule has 0 heterocycles. The first-order chi connectivity index (χ1) is 10.5. The van der Waals surface area contributed by atoms with Gasteiger partial charge >= 0.3 is 6.18 Å². The lowest BCUT2D eigenvalue weighted by Crippen LogP contribution is -2.23. The first kappa shape index (κ1) is 18.6. The molecular weight excluding hydrogens is 317 g/mol. The topological polar surface area (TPSA) is 83.7 Å². The number of allylic oxidation sites excluding steroid dienone is 1. The summed E-state index contributed by atoms with van der Waals surface area (Å²) in [5.41, 5.74) is -0.124. The molecule has 1 aromatic carbocycles. The Balaban J connectivity index is 3.01. The van der Waals surface area contributed by atoms with Gasteiger partial charge in [0.05, 0.1) is 11.0 Å². The van der Waals surface area contributed by atoms with Crippen LogP contribution < -0.4 is 0 Å². The van der Waals surface area contributed by atoms with Gasteiger partial charge in [0.2, 0.25) is 0 Å². The van der Waals surface area contributed by atoms with E-state index in [-0.39, 0.29) is 23.4 Å². The maximum absolute atomic E-state index is 12.3. The number of ketones is 1. The van der Waals surface area contributed by atoms with Gasteiger partial charge < -0.3 is 10.0 Å². The van der Waals surface area contributed by atoms with Gasteiger partial charge in [0.25, 0.3) is 11.5 Å². The van der Waals surface area contributed by atoms with Crippen molar-refractivity contribution in [3.63, 3.8) is 0 Å². The van der Waals surface area contributed by atoms with Gasteiger partial charge in [0.15, 0.2) is 0 Å². The molecule has 0 spiro atoms. The van der Waals surface area contributed by atoms with Crippen LogP contribution in [0.2, 0.25) is 0 Å². The van der Waals surface area contributed by atoms with Gasteiger partial charge in [0, 0.05) is 44.4 Å². The fourth-order valence-corrected chi connectivity index (χ4v) is 1.77. The van der Waals surface area contributed by atoms with Gasteiger partial charge in [-0.25, -0.2) is 0 Å². The standard InChI is InChI=1S/C14H15F3N2O4/c1-18(2)11(8-13(21)14(15,16)17)7-12(20)9-4-3-5-10(6-9)19(22)23/h3-6,8,12,20H,7H2,1-2H3/b11-8-. The molecule has 0 aliphatic rings. The molecule has 0 fully saturated rings. The van der Waals surface area contributed by atoms with Crippen LogP contribution in [-0.2, 0) is 4.79 Å². The SMILES string of the molecule is CN(C)/C(=C\C(=O)C(F)(F)F)CC(O)c1cccc([N+](=O)[O-])c1. The molecular formula is C14H15F3N2O4. The summed E-state index contributed by atoms with van der Waals surface area (Å²) in [7, 11) is 2.85. The van der Waals surface area contributed by atoms with Gasteiger partial charge in [-0.2, -0.15) is 13.2 Å². The van der Waals surface area contributed by atoms with Crippen molar-refractivity contribution >= 4 is 11.5 Å². The number of benzene rings is 1. The molecule has 1 rings (SSSR count). The van der Waals surface area contributed by atoms with Crippen LogP contribution in [0.4, 0.5) is 18.9 Å². The molecule has 6 nitrogen and oxygen atoms in total. The molecule has 0 aromatic heterocycles. The minimum absolute atomic E-state index is 0.0497. The summed E-state index contributed by atoms with van der Waals surface area (Å²) >= 11 is 0. The Morgan fingerprint density at radius 3 is 2.52 bits per heavy atom. The highest BCUT2D eigenvalue weighted by molar-refractivity contribution is 5.94. The second kappa shape index (κ2) is 7.23. The number of nitrogens with zero attached hydrogens (tertiary/aromatic N) is 2. The number of carbonyl (C=O) groups excluding carboxylic acids is 1. The van der Waals surface area contributed by atoms with Crippen LogP contribution in [0.5, 0.6) is 0 Å². The number of aliphatic hydroxyl groups is 1. The maximum atomic E-state index is 12.3. The average Bonchev–Trinajstić information content (AvgIpc) is 2.45. The van der Waals surface area contributed by atoms with E-state index in [4.69, 9.17) is 0 Å². The largest absolute Gasteiger partial charge is 0.454 e. The van der Waals surface area contributed by atoms with Gasteiger partial charge in [-0.15, -0.1) is 0 Å². The zero-order valence-electron chi connectivity index (χ0n) is 12.4. The molecule has 1 atom stereocenters. The van der Waals surface area contributed by atoms with Gasteiger partial charge in [-0.1, -0.05) is 12.1 Å². The maximum Gasteiger partial charge on any atom is 0.454 e. The van der Waals surface area contributed by atoms with Crippen molar-refractivity contribution in [3.05, 3.63) is 51.7 Å². The Hall–Kier alpha value is -2.42. The highest BCUT2D eigenvalue weighted by Crippen LogP contribution is 2.26. The predicted molar refractivity (Wildman–Crippen MR) is 75.5 cm³/mol. The molecule has 0 bridgehead atoms. The van der Waals surface area contributed by atoms with E-state index < -0.39 is 23.0 Å². The van der Waals surface area contributed by atoms with Crippen LogP contribution in [0.1, 0.15) is 18.1 Å². The highest BCUT2D eigenvalue weighted by Gasteiger charge is 2.37. The first-order valence-electron chi connectivity index (χ1n) is 6.44. The predicted octanol–water partition coefficient (Wildman–Crippen LogP) is 2.60. The number of hydrogen-bond donors (Lipinski definition) is 1. The summed E-state index contributed by atoms with van der Waals surface area (Å²) in [6, 6.07) is 5.13. The fourth-order valence-electron chi connectivity index (χ4n) is 1.77. The smallest absolute Gasteiger partial charge is 0.388 e. The zero-order chi connectivity index (χ0) is 17.8. The minimum Gasteiger partial charge on any atom is -0.388 e. The Bertz CT molecular complexity index is 627. The number of aliphatic hydroxyl groups excluding tert-OH is 1. The summed E-state index contributed by atoms with van der Waals surface area (Å²) in [6.07, 6.45) is -6.18. The number of carbonyl (C=O) groups is 1. The average molecular weight is 332 g/mol. The van der Waals surface area contributed by atoms with Gasteiger partial charge in [-0.05, 0) is 5.56 Å². The summed E-state index contributed by atoms with van der Waals surface area (Å²) in [6.45, 7) is 0. The Morgan fingerprint density at radius 1 is 1.43 bits per heavy atom. The van der Waals surface area contributed by atoms with Crippen LogP contribution in [0.3, 0.4) is 0 Å². The molecule has 0 saturated heterocycles. The molecule has 0 amide bonds. The minimum atomic E-state index is -5.00. The van der Waals surface area contributed by atoms with Crippen LogP contribution in [0.25, 0.3) is 0 Å². The fraction of sp³-hybridized carbons (Fsp3) is 0.357. The molecule has 0 aliphatic carbocycles. The third kappa shape index (κ3) is 5.37. The van der Waals surface area contributed by atoms with Crippen LogP contribution in [-0.4, -0.2) is 41.0 Å². The van der Waals surface area contributed by atoms with Gasteiger partial charge in [0.1, 0.15) is 0 Å². The lowest BCUT2D eigenvalue weighted by molar-refractivity contribution is -0.385. The van der Waals surface area contributed by atoms with E-state index >= 15 is 0 Å². The van der Waals surface area contributed by atoms with Crippen LogP contribution >= 0.6 is 0 Å². The summed E-state index contributed by atoms with van der Waals surface area (Å²) in [5.74, 6) is -2.03. The van der Waals surface area contributed by atoms with Crippen molar-refractivity contribution in [2.24, 2.45) is 0 Å². The molecule has 0 saturated carbocycles. The Morgan fingerprint density at radius 2 is 2.04 bits per heavy atom.